The third-order valence-electron chi connectivity index (χ3n) is 5.58. The van der Waals surface area contributed by atoms with E-state index >= 15 is 0 Å². The van der Waals surface area contributed by atoms with Crippen LogP contribution in [-0.4, -0.2) is 42.6 Å². The van der Waals surface area contributed by atoms with Crippen molar-refractivity contribution in [2.75, 3.05) is 10.6 Å². The number of amides is 1. The summed E-state index contributed by atoms with van der Waals surface area (Å²) in [6.45, 7) is 6.86. The summed E-state index contributed by atoms with van der Waals surface area (Å²) in [5, 5.41) is 14.0. The summed E-state index contributed by atoms with van der Waals surface area (Å²) < 4.78 is 1.70. The number of carbonyl (C=O) groups is 1. The van der Waals surface area contributed by atoms with Crippen molar-refractivity contribution in [3.8, 4) is 0 Å². The van der Waals surface area contributed by atoms with Gasteiger partial charge >= 0.3 is 0 Å². The van der Waals surface area contributed by atoms with E-state index in [4.69, 9.17) is 4.98 Å². The predicted octanol–water partition coefficient (Wildman–Crippen LogP) is 3.52. The first-order valence-corrected chi connectivity index (χ1v) is 11.2. The van der Waals surface area contributed by atoms with E-state index in [2.05, 4.69) is 57.9 Å². The molecule has 0 bridgehead atoms. The van der Waals surface area contributed by atoms with E-state index in [0.717, 1.165) is 22.4 Å². The minimum atomic E-state index is -0.238. The van der Waals surface area contributed by atoms with Crippen LogP contribution in [0.3, 0.4) is 0 Å². The minimum Gasteiger partial charge on any atom is -0.352 e. The number of anilines is 2. The Morgan fingerprint density at radius 2 is 2.12 bits per heavy atom. The maximum atomic E-state index is 13.0. The molecule has 0 aromatic carbocycles. The first-order chi connectivity index (χ1) is 16.5. The Bertz CT molecular complexity index is 1380. The first kappa shape index (κ1) is 21.7. The van der Waals surface area contributed by atoms with Gasteiger partial charge in [-0.25, -0.2) is 14.5 Å². The lowest BCUT2D eigenvalue weighted by Crippen LogP contribution is -2.23. The van der Waals surface area contributed by atoms with Gasteiger partial charge in [-0.1, -0.05) is 6.08 Å². The van der Waals surface area contributed by atoms with Crippen LogP contribution in [-0.2, 0) is 6.54 Å². The molecule has 1 aliphatic heterocycles. The van der Waals surface area contributed by atoms with E-state index in [1.54, 1.807) is 35.2 Å². The number of hydrogen-bond acceptors (Lipinski definition) is 7. The van der Waals surface area contributed by atoms with Crippen molar-refractivity contribution in [1.29, 1.82) is 0 Å². The van der Waals surface area contributed by atoms with Gasteiger partial charge in [0, 0.05) is 42.8 Å². The second-order valence-electron chi connectivity index (χ2n) is 8.60. The minimum absolute atomic E-state index is 0.139. The number of fused-ring (bicyclic) bond motifs is 2. The molecule has 5 heterocycles. The number of nitrogens with one attached hydrogen (secondary N) is 3. The van der Waals surface area contributed by atoms with E-state index in [1.165, 1.54) is 0 Å². The van der Waals surface area contributed by atoms with E-state index in [9.17, 15) is 4.79 Å². The summed E-state index contributed by atoms with van der Waals surface area (Å²) in [7, 11) is 0. The van der Waals surface area contributed by atoms with Gasteiger partial charge < -0.3 is 16.0 Å². The zero-order valence-electron chi connectivity index (χ0n) is 19.3. The van der Waals surface area contributed by atoms with Gasteiger partial charge in [-0.2, -0.15) is 5.10 Å². The molecule has 4 aromatic rings. The number of rotatable bonds is 5. The van der Waals surface area contributed by atoms with Crippen molar-refractivity contribution < 1.29 is 4.79 Å². The van der Waals surface area contributed by atoms with Crippen LogP contribution in [0.1, 0.15) is 48.0 Å². The van der Waals surface area contributed by atoms with Crippen LogP contribution < -0.4 is 16.0 Å². The summed E-state index contributed by atoms with van der Waals surface area (Å²) in [4.78, 5) is 26.3. The van der Waals surface area contributed by atoms with Crippen molar-refractivity contribution in [3.05, 3.63) is 83.7 Å². The van der Waals surface area contributed by atoms with Gasteiger partial charge in [0.25, 0.3) is 5.91 Å². The van der Waals surface area contributed by atoms with Crippen molar-refractivity contribution in [1.82, 2.24) is 29.9 Å². The average molecular weight is 455 g/mol. The lowest BCUT2D eigenvalue weighted by molar-refractivity contribution is 0.102. The van der Waals surface area contributed by atoms with Gasteiger partial charge in [0.1, 0.15) is 0 Å². The molecule has 3 N–H and O–H groups in total. The molecule has 5 rings (SSSR count). The van der Waals surface area contributed by atoms with E-state index in [0.29, 0.717) is 29.3 Å². The quantitative estimate of drug-likeness (QED) is 0.423. The molecule has 0 radical (unpaired) electrons. The second-order valence-corrected chi connectivity index (χ2v) is 8.60. The lowest BCUT2D eigenvalue weighted by atomic mass is 9.97. The average Bonchev–Trinajstić information content (AvgIpc) is 3.18. The Morgan fingerprint density at radius 1 is 1.24 bits per heavy atom. The Balaban J connectivity index is 1.54. The molecule has 1 amide bonds. The molecule has 0 saturated carbocycles. The first-order valence-electron chi connectivity index (χ1n) is 11.2. The topological polar surface area (TPSA) is 109 Å². The molecular weight excluding hydrogens is 428 g/mol. The Kier molecular flexibility index (Phi) is 5.77. The molecule has 1 atom stereocenters. The Morgan fingerprint density at radius 3 is 2.91 bits per heavy atom. The highest BCUT2D eigenvalue weighted by atomic mass is 16.1. The van der Waals surface area contributed by atoms with Gasteiger partial charge in [0.2, 0.25) is 5.95 Å². The molecule has 9 nitrogen and oxygen atoms in total. The summed E-state index contributed by atoms with van der Waals surface area (Å²) in [5.74, 6) is 0.378. The molecule has 34 heavy (non-hydrogen) atoms. The summed E-state index contributed by atoms with van der Waals surface area (Å²) in [5.41, 5.74) is 5.71. The maximum absolute atomic E-state index is 13.0. The van der Waals surface area contributed by atoms with Crippen LogP contribution in [0.15, 0.2) is 61.3 Å². The Labute approximate surface area is 197 Å². The SMILES string of the molecule is CC(C)Nc1ncc2c(n1)CN[C@H](C)C=C2c1ccn2ncc(C(=O)Nc3cccnc3)c2c1. The van der Waals surface area contributed by atoms with Gasteiger partial charge in [-0.05, 0) is 56.2 Å². The largest absolute Gasteiger partial charge is 0.352 e. The fraction of sp³-hybridized carbons (Fsp3) is 0.240. The van der Waals surface area contributed by atoms with E-state index in [-0.39, 0.29) is 18.0 Å². The molecule has 0 aliphatic carbocycles. The Hall–Kier alpha value is -4.11. The lowest BCUT2D eigenvalue weighted by Gasteiger charge is -2.14. The zero-order valence-corrected chi connectivity index (χ0v) is 19.3. The van der Waals surface area contributed by atoms with Crippen molar-refractivity contribution in [2.24, 2.45) is 0 Å². The molecule has 0 saturated heterocycles. The highest BCUT2D eigenvalue weighted by Crippen LogP contribution is 2.30. The smallest absolute Gasteiger partial charge is 0.259 e. The number of aromatic nitrogens is 5. The highest BCUT2D eigenvalue weighted by Gasteiger charge is 2.20. The van der Waals surface area contributed by atoms with E-state index in [1.807, 2.05) is 24.5 Å². The summed E-state index contributed by atoms with van der Waals surface area (Å²) in [6, 6.07) is 7.94. The van der Waals surface area contributed by atoms with Crippen LogP contribution in [0.25, 0.3) is 11.1 Å². The van der Waals surface area contributed by atoms with Crippen LogP contribution in [0, 0.1) is 0 Å². The number of hydrogen-bond donors (Lipinski definition) is 3. The number of pyridine rings is 2. The fourth-order valence-electron chi connectivity index (χ4n) is 3.97. The van der Waals surface area contributed by atoms with Gasteiger partial charge in [0.05, 0.1) is 34.9 Å². The monoisotopic (exact) mass is 454 g/mol. The van der Waals surface area contributed by atoms with E-state index < -0.39 is 0 Å². The standard InChI is InChI=1S/C25H26N8O/c1-15(2)30-25-28-12-20-19(9-16(3)27-14-22(20)32-25)17-6-8-33-23(10-17)21(13-29-33)24(34)31-18-5-4-7-26-11-18/h4-13,15-16,27H,14H2,1-3H3,(H,31,34)(H,28,30,32)/t16-/m1/s1. The highest BCUT2D eigenvalue weighted by molar-refractivity contribution is 6.09. The van der Waals surface area contributed by atoms with Gasteiger partial charge in [-0.15, -0.1) is 0 Å². The number of carbonyl (C=O) groups excluding carboxylic acids is 1. The van der Waals surface area contributed by atoms with Crippen molar-refractivity contribution >= 4 is 28.6 Å². The second kappa shape index (κ2) is 9.03. The summed E-state index contributed by atoms with van der Waals surface area (Å²) >= 11 is 0. The fourth-order valence-corrected chi connectivity index (χ4v) is 3.97. The third-order valence-corrected chi connectivity index (χ3v) is 5.58. The van der Waals surface area contributed by atoms with Gasteiger partial charge in [-0.3, -0.25) is 9.78 Å². The van der Waals surface area contributed by atoms with Crippen LogP contribution in [0.4, 0.5) is 11.6 Å². The molecular formula is C25H26N8O. The molecule has 1 aliphatic rings. The van der Waals surface area contributed by atoms with Crippen LogP contribution in [0.5, 0.6) is 0 Å². The predicted molar refractivity (Wildman–Crippen MR) is 132 cm³/mol. The van der Waals surface area contributed by atoms with Crippen LogP contribution >= 0.6 is 0 Å². The maximum Gasteiger partial charge on any atom is 0.259 e. The third kappa shape index (κ3) is 4.38. The molecule has 172 valence electrons. The van der Waals surface area contributed by atoms with Crippen molar-refractivity contribution in [2.45, 2.75) is 39.4 Å². The van der Waals surface area contributed by atoms with Gasteiger partial charge in [0.15, 0.2) is 0 Å². The molecule has 0 fully saturated rings. The molecule has 9 heteroatoms. The molecule has 0 spiro atoms. The van der Waals surface area contributed by atoms with Crippen LogP contribution in [0.2, 0.25) is 0 Å². The zero-order chi connectivity index (χ0) is 23.7. The number of nitrogens with zero attached hydrogens (tertiary/aromatic N) is 5. The summed E-state index contributed by atoms with van der Waals surface area (Å²) in [6.07, 6.45) is 10.8. The molecule has 4 aromatic heterocycles. The molecule has 0 unspecified atom stereocenters. The normalized spacial score (nSPS) is 15.5. The van der Waals surface area contributed by atoms with Crippen molar-refractivity contribution in [3.63, 3.8) is 0 Å².